The highest BCUT2D eigenvalue weighted by Crippen LogP contribution is 2.26. The second kappa shape index (κ2) is 8.93. The Labute approximate surface area is 145 Å². The van der Waals surface area contributed by atoms with Crippen molar-refractivity contribution in [2.24, 2.45) is 5.73 Å². The van der Waals surface area contributed by atoms with E-state index in [4.69, 9.17) is 75.3 Å². The Morgan fingerprint density at radius 2 is 1.45 bits per heavy atom. The molecule has 0 aromatic carbocycles. The van der Waals surface area contributed by atoms with E-state index in [-0.39, 0.29) is 24.6 Å². The van der Waals surface area contributed by atoms with Gasteiger partial charge in [0.2, 0.25) is 0 Å². The molecule has 0 amide bonds. The molecule has 0 heterocycles. The maximum Gasteiger partial charge on any atom is 0.325 e. The molecule has 0 aliphatic carbocycles. The Morgan fingerprint density at radius 1 is 1.00 bits per heavy atom. The van der Waals surface area contributed by atoms with Crippen LogP contribution < -0.4 is 5.73 Å². The summed E-state index contributed by atoms with van der Waals surface area (Å²) in [5.41, 5.74) is 5.49. The molecule has 0 bridgehead atoms. The number of rotatable bonds is 8. The van der Waals surface area contributed by atoms with E-state index < -0.39 is 27.0 Å². The van der Waals surface area contributed by atoms with Crippen LogP contribution in [-0.4, -0.2) is 38.8 Å². The summed E-state index contributed by atoms with van der Waals surface area (Å²) in [4.78, 5) is 22.8. The van der Waals surface area contributed by atoms with Gasteiger partial charge in [0.15, 0.2) is 0 Å². The van der Waals surface area contributed by atoms with Crippen molar-refractivity contribution in [2.75, 3.05) is 11.8 Å². The summed E-state index contributed by atoms with van der Waals surface area (Å²) < 4.78 is 5.52. The van der Waals surface area contributed by atoms with Crippen molar-refractivity contribution in [2.45, 2.75) is 27.9 Å². The largest absolute Gasteiger partial charge is 0.427 e. The summed E-state index contributed by atoms with van der Waals surface area (Å²) in [7, 11) is 0. The van der Waals surface area contributed by atoms with Gasteiger partial charge in [-0.15, -0.1) is 23.2 Å². The smallest absolute Gasteiger partial charge is 0.325 e. The fraction of sp³-hybridized carbons (Fsp3) is 0.778. The molecule has 1 unspecified atom stereocenters. The van der Waals surface area contributed by atoms with Crippen LogP contribution in [0.15, 0.2) is 0 Å². The van der Waals surface area contributed by atoms with E-state index in [9.17, 15) is 9.59 Å². The molecule has 20 heavy (non-hydrogen) atoms. The van der Waals surface area contributed by atoms with E-state index in [1.54, 1.807) is 0 Å². The normalized spacial score (nSPS) is 13.8. The van der Waals surface area contributed by atoms with Gasteiger partial charge in [0.1, 0.15) is 6.04 Å². The van der Waals surface area contributed by atoms with Crippen LogP contribution in [0.4, 0.5) is 0 Å². The lowest BCUT2D eigenvalue weighted by Gasteiger charge is -2.20. The summed E-state index contributed by atoms with van der Waals surface area (Å²) in [5.74, 6) is -2.34. The molecular formula is C9H11Cl6NO4. The minimum absolute atomic E-state index is 0.0873. The molecule has 5 nitrogen and oxygen atoms in total. The van der Waals surface area contributed by atoms with E-state index in [2.05, 4.69) is 9.47 Å². The first-order chi connectivity index (χ1) is 9.03. The predicted molar refractivity (Wildman–Crippen MR) is 79.7 cm³/mol. The van der Waals surface area contributed by atoms with Gasteiger partial charge in [0.05, 0.1) is 11.8 Å². The third kappa shape index (κ3) is 8.82. The standard InChI is InChI=1S/C9H11Cl6NO4/c10-3-8(12,13)19-6(17)2-1-5(16)7(18)20-9(14,15)4-11/h5H,1-4,16H2. The quantitative estimate of drug-likeness (QED) is 0.492. The van der Waals surface area contributed by atoms with Crippen molar-refractivity contribution < 1.29 is 19.1 Å². The molecule has 0 saturated heterocycles. The summed E-state index contributed by atoms with van der Waals surface area (Å²) in [6, 6.07) is -1.14. The topological polar surface area (TPSA) is 78.6 Å². The molecule has 0 spiro atoms. The summed E-state index contributed by atoms with van der Waals surface area (Å²) in [5, 5.41) is 0. The molecular weight excluding hydrogens is 399 g/mol. The number of alkyl halides is 6. The molecule has 0 aromatic heterocycles. The van der Waals surface area contributed by atoms with Crippen LogP contribution in [0.25, 0.3) is 0 Å². The SMILES string of the molecule is NC(CCC(=O)OC(Cl)(Cl)CCl)C(=O)OC(Cl)(Cl)CCl. The molecule has 0 radical (unpaired) electrons. The first-order valence-electron chi connectivity index (χ1n) is 5.11. The van der Waals surface area contributed by atoms with Gasteiger partial charge in [-0.25, -0.2) is 0 Å². The Morgan fingerprint density at radius 3 is 1.90 bits per heavy atom. The molecule has 2 N–H and O–H groups in total. The first kappa shape index (κ1) is 20.6. The molecule has 0 aliphatic heterocycles. The van der Waals surface area contributed by atoms with Crippen molar-refractivity contribution in [1.82, 2.24) is 0 Å². The minimum atomic E-state index is -1.88. The molecule has 0 fully saturated rings. The molecule has 0 aliphatic rings. The van der Waals surface area contributed by atoms with Gasteiger partial charge in [0, 0.05) is 6.42 Å². The Hall–Kier alpha value is 0.640. The van der Waals surface area contributed by atoms with Crippen molar-refractivity contribution in [1.29, 1.82) is 0 Å². The zero-order chi connectivity index (χ0) is 16.0. The number of hydrogen-bond donors (Lipinski definition) is 1. The maximum absolute atomic E-state index is 11.5. The van der Waals surface area contributed by atoms with E-state index in [0.29, 0.717) is 0 Å². The molecule has 0 rings (SSSR count). The lowest BCUT2D eigenvalue weighted by Crippen LogP contribution is -2.38. The lowest BCUT2D eigenvalue weighted by molar-refractivity contribution is -0.149. The molecule has 0 saturated carbocycles. The van der Waals surface area contributed by atoms with Crippen LogP contribution in [0.5, 0.6) is 0 Å². The minimum Gasteiger partial charge on any atom is -0.427 e. The molecule has 11 heteroatoms. The van der Waals surface area contributed by atoms with E-state index in [0.717, 1.165) is 0 Å². The van der Waals surface area contributed by atoms with Gasteiger partial charge in [-0.2, -0.15) is 0 Å². The highest BCUT2D eigenvalue weighted by molar-refractivity contribution is 6.51. The predicted octanol–water partition coefficient (Wildman–Crippen LogP) is 2.92. The first-order valence-corrected chi connectivity index (χ1v) is 7.69. The van der Waals surface area contributed by atoms with Gasteiger partial charge < -0.3 is 15.2 Å². The lowest BCUT2D eigenvalue weighted by atomic mass is 10.2. The molecule has 1 atom stereocenters. The summed E-state index contributed by atoms with van der Waals surface area (Å²) in [6.45, 7) is 0. The third-order valence-electron chi connectivity index (χ3n) is 1.79. The number of nitrogens with two attached hydrogens (primary N) is 1. The van der Waals surface area contributed by atoms with Crippen molar-refractivity contribution in [3.63, 3.8) is 0 Å². The average molecular weight is 410 g/mol. The van der Waals surface area contributed by atoms with Crippen LogP contribution in [0, 0.1) is 0 Å². The molecule has 118 valence electrons. The van der Waals surface area contributed by atoms with Crippen LogP contribution in [0.2, 0.25) is 0 Å². The van der Waals surface area contributed by atoms with Crippen molar-refractivity contribution in [3.05, 3.63) is 0 Å². The summed E-state index contributed by atoms with van der Waals surface area (Å²) >= 11 is 32.8. The van der Waals surface area contributed by atoms with E-state index in [1.807, 2.05) is 0 Å². The van der Waals surface area contributed by atoms with Gasteiger partial charge in [-0.05, 0) is 6.42 Å². The van der Waals surface area contributed by atoms with Gasteiger partial charge >= 0.3 is 11.9 Å². The second-order valence-electron chi connectivity index (χ2n) is 3.58. The van der Waals surface area contributed by atoms with E-state index in [1.165, 1.54) is 0 Å². The fourth-order valence-electron chi connectivity index (χ4n) is 0.886. The third-order valence-corrected chi connectivity index (χ3v) is 3.93. The number of esters is 2. The fourth-order valence-corrected chi connectivity index (χ4v) is 1.32. The number of hydrogen-bond acceptors (Lipinski definition) is 5. The number of carbonyl (C=O) groups excluding carboxylic acids is 2. The van der Waals surface area contributed by atoms with Gasteiger partial charge in [0.25, 0.3) is 9.04 Å². The van der Waals surface area contributed by atoms with Crippen LogP contribution >= 0.6 is 69.6 Å². The number of halogens is 6. The van der Waals surface area contributed by atoms with Crippen molar-refractivity contribution in [3.8, 4) is 0 Å². The Bertz CT molecular complexity index is 351. The zero-order valence-electron chi connectivity index (χ0n) is 9.88. The highest BCUT2D eigenvalue weighted by Gasteiger charge is 2.31. The van der Waals surface area contributed by atoms with E-state index >= 15 is 0 Å². The maximum atomic E-state index is 11.5. The summed E-state index contributed by atoms with van der Waals surface area (Å²) in [6.07, 6.45) is -0.317. The second-order valence-corrected chi connectivity index (χ2v) is 6.95. The molecule has 0 aromatic rings. The van der Waals surface area contributed by atoms with Crippen molar-refractivity contribution >= 4 is 81.5 Å². The van der Waals surface area contributed by atoms with Gasteiger partial charge in [-0.1, -0.05) is 46.4 Å². The number of carbonyl (C=O) groups is 2. The van der Waals surface area contributed by atoms with Crippen LogP contribution in [0.3, 0.4) is 0 Å². The highest BCUT2D eigenvalue weighted by atomic mass is 35.5. The zero-order valence-corrected chi connectivity index (χ0v) is 14.4. The monoisotopic (exact) mass is 407 g/mol. The van der Waals surface area contributed by atoms with Crippen LogP contribution in [-0.2, 0) is 19.1 Å². The number of ether oxygens (including phenoxy) is 2. The Kier molecular flexibility index (Phi) is 9.22. The van der Waals surface area contributed by atoms with Crippen LogP contribution in [0.1, 0.15) is 12.8 Å². The average Bonchev–Trinajstić information content (AvgIpc) is 2.34. The van der Waals surface area contributed by atoms with Gasteiger partial charge in [-0.3, -0.25) is 9.59 Å². The Balaban J connectivity index is 4.19.